The van der Waals surface area contributed by atoms with E-state index in [2.05, 4.69) is 43.9 Å². The van der Waals surface area contributed by atoms with Crippen LogP contribution in [0.1, 0.15) is 144 Å². The molecular weight excluding hydrogens is 1340 g/mol. The maximum atomic E-state index is 15.1. The maximum absolute atomic E-state index is 15.1. The molecule has 0 radical (unpaired) electrons. The third kappa shape index (κ3) is 22.6. The zero-order valence-corrected chi connectivity index (χ0v) is 60.9. The van der Waals surface area contributed by atoms with Gasteiger partial charge < -0.3 is 60.5 Å². The lowest BCUT2D eigenvalue weighted by molar-refractivity contribution is -0.152. The van der Waals surface area contributed by atoms with Crippen molar-refractivity contribution in [2.24, 2.45) is 11.8 Å². The van der Waals surface area contributed by atoms with Crippen LogP contribution in [0.5, 0.6) is 0 Å². The summed E-state index contributed by atoms with van der Waals surface area (Å²) in [4.78, 5) is 186. The lowest BCUT2D eigenvalue weighted by Crippen LogP contribution is -2.63. The van der Waals surface area contributed by atoms with E-state index in [4.69, 9.17) is 11.6 Å². The third-order valence-corrected chi connectivity index (χ3v) is 19.1. The van der Waals surface area contributed by atoms with Crippen molar-refractivity contribution in [3.63, 3.8) is 0 Å². The van der Waals surface area contributed by atoms with Crippen molar-refractivity contribution in [3.8, 4) is 0 Å². The fourth-order valence-corrected chi connectivity index (χ4v) is 12.1. The van der Waals surface area contributed by atoms with Crippen molar-refractivity contribution in [3.05, 3.63) is 68.3 Å². The molecule has 2 saturated heterocycles. The molecule has 2 aromatic carbocycles. The lowest BCUT2D eigenvalue weighted by atomic mass is 9.95. The summed E-state index contributed by atoms with van der Waals surface area (Å²) in [5, 5.41) is 11.9. The number of nitrogens with one attached hydrogen (secondary N) is 4. The molecule has 2 fully saturated rings. The number of benzene rings is 2. The smallest absolute Gasteiger partial charge is 0.246 e. The number of carbonyl (C=O) groups excluding carboxylic acids is 12. The quantitative estimate of drug-likeness (QED) is 0.178. The fourth-order valence-electron chi connectivity index (χ4n) is 11.4. The van der Waals surface area contributed by atoms with Gasteiger partial charge in [-0.2, -0.15) is 0 Å². The van der Waals surface area contributed by atoms with Crippen LogP contribution in [0.3, 0.4) is 0 Å². The van der Waals surface area contributed by atoms with Crippen LogP contribution in [-0.4, -0.2) is 240 Å². The molecule has 0 aromatic heterocycles. The Morgan fingerprint density at radius 2 is 1.17 bits per heavy atom. The molecular formula is C68H104ClIN12O12. The first-order valence-electron chi connectivity index (χ1n) is 33.0. The highest BCUT2D eigenvalue weighted by molar-refractivity contribution is 14.1. The number of amides is 12. The second-order valence-electron chi connectivity index (χ2n) is 26.3. The molecule has 4 rings (SSSR count). The first-order chi connectivity index (χ1) is 44.2. The summed E-state index contributed by atoms with van der Waals surface area (Å²) in [7, 11) is 9.80. The molecule has 8 atom stereocenters. The number of halogens is 2. The normalized spacial score (nSPS) is 23.9. The number of unbranched alkanes of at least 4 members (excludes halogenated alkanes) is 2. The molecule has 0 saturated carbocycles. The Labute approximate surface area is 575 Å². The van der Waals surface area contributed by atoms with Gasteiger partial charge in [0.2, 0.25) is 70.9 Å². The second-order valence-corrected chi connectivity index (χ2v) is 28.0. The van der Waals surface area contributed by atoms with Gasteiger partial charge in [-0.3, -0.25) is 57.5 Å². The summed E-state index contributed by atoms with van der Waals surface area (Å²) in [6, 6.07) is 5.12. The van der Waals surface area contributed by atoms with Crippen molar-refractivity contribution in [2.75, 3.05) is 82.1 Å². The van der Waals surface area contributed by atoms with Gasteiger partial charge in [0, 0.05) is 83.9 Å². The molecule has 2 aromatic rings. The predicted molar refractivity (Wildman–Crippen MR) is 368 cm³/mol. The van der Waals surface area contributed by atoms with Gasteiger partial charge in [-0.15, -0.1) is 0 Å². The van der Waals surface area contributed by atoms with Crippen LogP contribution in [0.15, 0.2) is 48.5 Å². The molecule has 0 spiro atoms. The number of rotatable bonds is 15. The number of piperidine rings is 1. The van der Waals surface area contributed by atoms with Crippen LogP contribution in [0.4, 0.5) is 0 Å². The van der Waals surface area contributed by atoms with Gasteiger partial charge in [-0.1, -0.05) is 110 Å². The third-order valence-electron chi connectivity index (χ3n) is 18.2. The van der Waals surface area contributed by atoms with E-state index in [-0.39, 0.29) is 38.0 Å². The molecule has 0 aliphatic carbocycles. The average Bonchev–Trinajstić information content (AvgIpc) is 0.825. The van der Waals surface area contributed by atoms with Crippen molar-refractivity contribution in [2.45, 2.75) is 193 Å². The largest absolute Gasteiger partial charge is 0.343 e. The van der Waals surface area contributed by atoms with Gasteiger partial charge in [0.25, 0.3) is 0 Å². The van der Waals surface area contributed by atoms with Crippen LogP contribution in [0.2, 0.25) is 5.02 Å². The van der Waals surface area contributed by atoms with Gasteiger partial charge in [0.15, 0.2) is 0 Å². The summed E-state index contributed by atoms with van der Waals surface area (Å²) < 4.78 is 0.846. The van der Waals surface area contributed by atoms with E-state index in [0.29, 0.717) is 74.2 Å². The maximum Gasteiger partial charge on any atom is 0.246 e. The lowest BCUT2D eigenvalue weighted by Gasteiger charge is -2.39. The summed E-state index contributed by atoms with van der Waals surface area (Å²) in [5.74, 6) is -8.60. The Kier molecular flexibility index (Phi) is 31.7. The molecule has 12 amide bonds. The topological polar surface area (TPSA) is 279 Å². The molecule has 0 bridgehead atoms. The molecule has 522 valence electrons. The SMILES string of the molecule is CCCC[C@@H]1NC(=O)C(C)(C)N(C)C(=O)[C@H](CCCC)NC(=O)[C@H](Cc2cccc(I)c2)NC(=O)CN(C)C(=O)[C@H](Cc2ccc(Cl)cc2)N(C)C(=O)CN(C)C(=O)CN(C)C(=O)[C@H]([C@@H](C)CC)NC(=O)[C@H](CC(C)C)N(C)C(=O)C[C@@H](C(=O)N2CCCCC2)N(C)C1=O. The van der Waals surface area contributed by atoms with Gasteiger partial charge >= 0.3 is 0 Å². The molecule has 2 aliphatic heterocycles. The highest BCUT2D eigenvalue weighted by Crippen LogP contribution is 2.24. The monoisotopic (exact) mass is 1440 g/mol. The minimum atomic E-state index is -1.68. The molecule has 0 unspecified atom stereocenters. The van der Waals surface area contributed by atoms with E-state index in [0.717, 1.165) is 24.7 Å². The average molecular weight is 1440 g/mol. The van der Waals surface area contributed by atoms with E-state index in [1.807, 2.05) is 46.8 Å². The van der Waals surface area contributed by atoms with E-state index >= 15 is 4.79 Å². The number of hydrogen-bond acceptors (Lipinski definition) is 12. The number of nitrogens with zero attached hydrogens (tertiary/aromatic N) is 8. The minimum absolute atomic E-state index is 0.0399. The molecule has 24 nitrogen and oxygen atoms in total. The number of hydrogen-bond donors (Lipinski definition) is 4. The Morgan fingerprint density at radius 1 is 0.596 bits per heavy atom. The van der Waals surface area contributed by atoms with Crippen LogP contribution >= 0.6 is 34.2 Å². The van der Waals surface area contributed by atoms with E-state index in [1.165, 1.54) is 82.8 Å². The van der Waals surface area contributed by atoms with Crippen molar-refractivity contribution < 1.29 is 57.5 Å². The molecule has 26 heteroatoms. The highest BCUT2D eigenvalue weighted by Gasteiger charge is 2.44. The predicted octanol–water partition coefficient (Wildman–Crippen LogP) is 4.65. The van der Waals surface area contributed by atoms with Crippen LogP contribution in [-0.2, 0) is 70.4 Å². The Morgan fingerprint density at radius 3 is 1.74 bits per heavy atom. The van der Waals surface area contributed by atoms with Crippen molar-refractivity contribution in [1.29, 1.82) is 0 Å². The highest BCUT2D eigenvalue weighted by atomic mass is 127. The zero-order chi connectivity index (χ0) is 70.5. The van der Waals surface area contributed by atoms with Gasteiger partial charge in [-0.05, 0) is 122 Å². The molecule has 94 heavy (non-hydrogen) atoms. The van der Waals surface area contributed by atoms with Crippen LogP contribution < -0.4 is 21.3 Å². The summed E-state index contributed by atoms with van der Waals surface area (Å²) in [6.07, 6.45) is 4.61. The van der Waals surface area contributed by atoms with Gasteiger partial charge in [-0.25, -0.2) is 0 Å². The standard InChI is InChI=1S/C68H104ClIN12O12/c1-16-19-27-49-62(89)80(14)54(65(92)82-33-22-21-23-34-82)39-56(84)78(12)52(35-43(4)5)61(88)74-59(44(6)18-3)66(93)77(11)41-57(85)75(9)42-58(86)79(13)53(38-45-29-31-47(69)32-30-45)64(91)76(10)40-55(83)71-51(37-46-25-24-26-48(70)36-46)60(87)72-50(28-20-17-2)63(90)81(15)68(7,8)67(94)73-49/h24-26,29-32,36,43-44,49-54,59H,16-23,27-28,33-35,37-42H2,1-15H3,(H,71,83)(H,72,87)(H,73,94)(H,74,88)/t44-,49-,50-,51-,52-,53-,54-,59-/m0/s1. The minimum Gasteiger partial charge on any atom is -0.343 e. The molecule has 2 heterocycles. The summed E-state index contributed by atoms with van der Waals surface area (Å²) >= 11 is 8.37. The van der Waals surface area contributed by atoms with Crippen molar-refractivity contribution >= 4 is 105 Å². The zero-order valence-electron chi connectivity index (χ0n) is 58.0. The van der Waals surface area contributed by atoms with E-state index in [1.54, 1.807) is 48.2 Å². The van der Waals surface area contributed by atoms with Gasteiger partial charge in [0.05, 0.1) is 26.1 Å². The van der Waals surface area contributed by atoms with Crippen molar-refractivity contribution in [1.82, 2.24) is 60.5 Å². The molecule has 4 N–H and O–H groups in total. The first-order valence-corrected chi connectivity index (χ1v) is 34.4. The second kappa shape index (κ2) is 37.4. The van der Waals surface area contributed by atoms with E-state index in [9.17, 15) is 52.7 Å². The number of carbonyl (C=O) groups is 12. The van der Waals surface area contributed by atoms with E-state index < -0.39 is 151 Å². The first kappa shape index (κ1) is 79.5. The fraction of sp³-hybridized carbons (Fsp3) is 0.647. The number of likely N-dealkylation sites (tertiary alicyclic amines) is 1. The number of likely N-dealkylation sites (N-methyl/N-ethyl adjacent to an activating group) is 7. The Bertz CT molecular complexity index is 2980. The van der Waals surface area contributed by atoms with Gasteiger partial charge in [0.1, 0.15) is 47.8 Å². The molecule has 2 aliphatic rings. The Balaban J connectivity index is 1.88. The van der Waals surface area contributed by atoms with Crippen LogP contribution in [0.25, 0.3) is 0 Å². The Hall–Kier alpha value is -6.90. The summed E-state index contributed by atoms with van der Waals surface area (Å²) in [5.41, 5.74) is -0.406. The summed E-state index contributed by atoms with van der Waals surface area (Å²) in [6.45, 7) is 13.3. The van der Waals surface area contributed by atoms with Crippen LogP contribution in [0, 0.1) is 15.4 Å².